The number of hydrogen-bond donors (Lipinski definition) is 1. The number of nitrogens with zero attached hydrogens (tertiary/aromatic N) is 1. The number of sulfonamides is 1. The SMILES string of the molecule is COc1ccc(C)cc1CN(C)C(=O)c1ccc(Cl)c(S(N)(=O)=O)c1. The molecule has 0 bridgehead atoms. The van der Waals surface area contributed by atoms with Gasteiger partial charge in [-0.25, -0.2) is 13.6 Å². The van der Waals surface area contributed by atoms with E-state index in [9.17, 15) is 13.2 Å². The van der Waals surface area contributed by atoms with Crippen LogP contribution in [0.15, 0.2) is 41.3 Å². The van der Waals surface area contributed by atoms with Gasteiger partial charge in [0, 0.05) is 24.7 Å². The maximum absolute atomic E-state index is 12.6. The molecule has 0 unspecified atom stereocenters. The van der Waals surface area contributed by atoms with Gasteiger partial charge in [-0.1, -0.05) is 29.3 Å². The topological polar surface area (TPSA) is 89.7 Å². The van der Waals surface area contributed by atoms with Crippen molar-refractivity contribution in [2.75, 3.05) is 14.2 Å². The molecule has 6 nitrogen and oxygen atoms in total. The number of carbonyl (C=O) groups is 1. The summed E-state index contributed by atoms with van der Waals surface area (Å²) in [5.41, 5.74) is 2.07. The lowest BCUT2D eigenvalue weighted by atomic mass is 10.1. The van der Waals surface area contributed by atoms with E-state index in [1.807, 2.05) is 25.1 Å². The van der Waals surface area contributed by atoms with Crippen molar-refractivity contribution >= 4 is 27.5 Å². The molecule has 25 heavy (non-hydrogen) atoms. The van der Waals surface area contributed by atoms with Crippen molar-refractivity contribution in [1.82, 2.24) is 4.90 Å². The van der Waals surface area contributed by atoms with Gasteiger partial charge in [0.25, 0.3) is 5.91 Å². The minimum atomic E-state index is -4.01. The molecular formula is C17H19ClN2O4S. The van der Waals surface area contributed by atoms with E-state index in [1.165, 1.54) is 23.1 Å². The Morgan fingerprint density at radius 2 is 1.92 bits per heavy atom. The Labute approximate surface area is 152 Å². The predicted molar refractivity (Wildman–Crippen MR) is 96.4 cm³/mol. The number of nitrogens with two attached hydrogens (primary N) is 1. The van der Waals surface area contributed by atoms with E-state index >= 15 is 0 Å². The van der Waals surface area contributed by atoms with E-state index in [1.54, 1.807) is 14.2 Å². The third kappa shape index (κ3) is 4.50. The van der Waals surface area contributed by atoms with Crippen LogP contribution in [0.2, 0.25) is 5.02 Å². The fourth-order valence-corrected chi connectivity index (χ4v) is 3.50. The molecule has 8 heteroatoms. The van der Waals surface area contributed by atoms with Gasteiger partial charge in [-0.15, -0.1) is 0 Å². The molecule has 0 saturated heterocycles. The second-order valence-corrected chi connectivity index (χ2v) is 7.60. The largest absolute Gasteiger partial charge is 0.496 e. The summed E-state index contributed by atoms with van der Waals surface area (Å²) in [6.07, 6.45) is 0. The normalized spacial score (nSPS) is 11.2. The Morgan fingerprint density at radius 3 is 2.52 bits per heavy atom. The number of carbonyl (C=O) groups excluding carboxylic acids is 1. The molecule has 0 atom stereocenters. The van der Waals surface area contributed by atoms with Gasteiger partial charge in [0.1, 0.15) is 10.6 Å². The van der Waals surface area contributed by atoms with Crippen molar-refractivity contribution in [3.05, 3.63) is 58.1 Å². The third-order valence-corrected chi connectivity index (χ3v) is 5.07. The average molecular weight is 383 g/mol. The first-order valence-electron chi connectivity index (χ1n) is 7.35. The minimum Gasteiger partial charge on any atom is -0.496 e. The lowest BCUT2D eigenvalue weighted by molar-refractivity contribution is 0.0784. The summed E-state index contributed by atoms with van der Waals surface area (Å²) in [5, 5.41) is 5.10. The summed E-state index contributed by atoms with van der Waals surface area (Å²) < 4.78 is 28.4. The van der Waals surface area contributed by atoms with E-state index in [0.29, 0.717) is 12.3 Å². The molecule has 0 aromatic heterocycles. The van der Waals surface area contributed by atoms with Gasteiger partial charge in [0.15, 0.2) is 0 Å². The Balaban J connectivity index is 2.31. The van der Waals surface area contributed by atoms with Crippen LogP contribution in [0.1, 0.15) is 21.5 Å². The first-order valence-corrected chi connectivity index (χ1v) is 9.27. The first-order chi connectivity index (χ1) is 11.6. The van der Waals surface area contributed by atoms with Gasteiger partial charge in [-0.3, -0.25) is 4.79 Å². The van der Waals surface area contributed by atoms with Gasteiger partial charge >= 0.3 is 0 Å². The van der Waals surface area contributed by atoms with E-state index in [4.69, 9.17) is 21.5 Å². The number of aryl methyl sites for hydroxylation is 1. The maximum Gasteiger partial charge on any atom is 0.253 e. The van der Waals surface area contributed by atoms with Crippen LogP contribution >= 0.6 is 11.6 Å². The number of ether oxygens (including phenoxy) is 1. The Morgan fingerprint density at radius 1 is 1.24 bits per heavy atom. The standard InChI is InChI=1S/C17H19ClN2O4S/c1-11-4-7-15(24-3)13(8-11)10-20(2)17(21)12-5-6-14(18)16(9-12)25(19,22)23/h4-9H,10H2,1-3H3,(H2,19,22,23). The van der Waals surface area contributed by atoms with Gasteiger partial charge in [-0.05, 0) is 31.2 Å². The Bertz CT molecular complexity index is 913. The van der Waals surface area contributed by atoms with Gasteiger partial charge in [0.05, 0.1) is 12.1 Å². The number of halogens is 1. The van der Waals surface area contributed by atoms with Crippen LogP contribution in [0.5, 0.6) is 5.75 Å². The van der Waals surface area contributed by atoms with E-state index < -0.39 is 10.0 Å². The van der Waals surface area contributed by atoms with Crippen LogP contribution in [0.3, 0.4) is 0 Å². The Kier molecular flexibility index (Phi) is 5.72. The van der Waals surface area contributed by atoms with E-state index in [-0.39, 0.29) is 21.4 Å². The molecule has 0 saturated carbocycles. The van der Waals surface area contributed by atoms with Crippen molar-refractivity contribution in [3.8, 4) is 5.75 Å². The van der Waals surface area contributed by atoms with Crippen molar-refractivity contribution in [3.63, 3.8) is 0 Å². The molecule has 0 aliphatic rings. The summed E-state index contributed by atoms with van der Waals surface area (Å²) in [6.45, 7) is 2.25. The van der Waals surface area contributed by atoms with Crippen molar-refractivity contribution in [2.45, 2.75) is 18.4 Å². The van der Waals surface area contributed by atoms with E-state index in [2.05, 4.69) is 0 Å². The molecule has 0 radical (unpaired) electrons. The van der Waals surface area contributed by atoms with Crippen molar-refractivity contribution in [2.24, 2.45) is 5.14 Å². The second kappa shape index (κ2) is 7.43. The fraction of sp³-hybridized carbons (Fsp3) is 0.235. The highest BCUT2D eigenvalue weighted by molar-refractivity contribution is 7.89. The second-order valence-electron chi connectivity index (χ2n) is 5.67. The molecule has 2 rings (SSSR count). The van der Waals surface area contributed by atoms with Crippen LogP contribution in [0.25, 0.3) is 0 Å². The summed E-state index contributed by atoms with van der Waals surface area (Å²) in [7, 11) is -0.830. The van der Waals surface area contributed by atoms with Gasteiger partial charge in [-0.2, -0.15) is 0 Å². The molecule has 0 fully saturated rings. The molecule has 0 heterocycles. The number of primary sulfonamides is 1. The fourth-order valence-electron chi connectivity index (χ4n) is 2.43. The van der Waals surface area contributed by atoms with E-state index in [0.717, 1.165) is 11.1 Å². The lowest BCUT2D eigenvalue weighted by Gasteiger charge is -2.20. The molecular weight excluding hydrogens is 364 g/mol. The predicted octanol–water partition coefficient (Wildman–Crippen LogP) is 2.58. The molecule has 0 aliphatic carbocycles. The molecule has 2 aromatic rings. The highest BCUT2D eigenvalue weighted by atomic mass is 35.5. The van der Waals surface area contributed by atoms with Crippen LogP contribution in [0.4, 0.5) is 0 Å². The molecule has 0 spiro atoms. The number of methoxy groups -OCH3 is 1. The molecule has 2 N–H and O–H groups in total. The maximum atomic E-state index is 12.6. The Hall–Kier alpha value is -2.09. The molecule has 134 valence electrons. The smallest absolute Gasteiger partial charge is 0.253 e. The average Bonchev–Trinajstić information content (AvgIpc) is 2.53. The van der Waals surface area contributed by atoms with Gasteiger partial charge < -0.3 is 9.64 Å². The zero-order valence-corrected chi connectivity index (χ0v) is 15.7. The first kappa shape index (κ1) is 19.2. The monoisotopic (exact) mass is 382 g/mol. The van der Waals surface area contributed by atoms with Crippen LogP contribution in [0, 0.1) is 6.92 Å². The van der Waals surface area contributed by atoms with Crippen molar-refractivity contribution in [1.29, 1.82) is 0 Å². The zero-order valence-electron chi connectivity index (χ0n) is 14.1. The number of amides is 1. The summed E-state index contributed by atoms with van der Waals surface area (Å²) in [5.74, 6) is 0.316. The molecule has 2 aromatic carbocycles. The molecule has 0 aliphatic heterocycles. The number of benzene rings is 2. The third-order valence-electron chi connectivity index (χ3n) is 3.67. The highest BCUT2D eigenvalue weighted by Crippen LogP contribution is 2.24. The van der Waals surface area contributed by atoms with Crippen LogP contribution in [-0.4, -0.2) is 33.4 Å². The summed E-state index contributed by atoms with van der Waals surface area (Å²) in [4.78, 5) is 13.8. The van der Waals surface area contributed by atoms with Crippen LogP contribution < -0.4 is 9.88 Å². The van der Waals surface area contributed by atoms with Crippen molar-refractivity contribution < 1.29 is 17.9 Å². The minimum absolute atomic E-state index is 0.0259. The highest BCUT2D eigenvalue weighted by Gasteiger charge is 2.19. The zero-order chi connectivity index (χ0) is 18.8. The quantitative estimate of drug-likeness (QED) is 0.860. The molecule has 1 amide bonds. The van der Waals surface area contributed by atoms with Crippen LogP contribution in [-0.2, 0) is 16.6 Å². The summed E-state index contributed by atoms with van der Waals surface area (Å²) >= 11 is 5.85. The van der Waals surface area contributed by atoms with Gasteiger partial charge in [0.2, 0.25) is 10.0 Å². The number of hydrogen-bond acceptors (Lipinski definition) is 4. The summed E-state index contributed by atoms with van der Waals surface area (Å²) in [6, 6.07) is 9.68. The number of rotatable bonds is 5. The lowest BCUT2D eigenvalue weighted by Crippen LogP contribution is -2.27.